The standard InChI is InChI=1S/C17H15BrO3/c18-17(11-5-6-12-8-19-9-13(12)7-11)16-10-20-14-3-1-2-4-15(14)21-16/h1-7,16-17H,8-10H2. The minimum atomic E-state index is -0.0414. The van der Waals surface area contributed by atoms with E-state index in [0.29, 0.717) is 13.2 Å². The summed E-state index contributed by atoms with van der Waals surface area (Å²) in [7, 11) is 0. The molecule has 0 aliphatic carbocycles. The van der Waals surface area contributed by atoms with Gasteiger partial charge in [-0.05, 0) is 28.8 Å². The molecule has 2 aromatic rings. The molecule has 2 atom stereocenters. The van der Waals surface area contributed by atoms with Crippen LogP contribution in [0.25, 0.3) is 0 Å². The summed E-state index contributed by atoms with van der Waals surface area (Å²) in [6.07, 6.45) is -0.0414. The lowest BCUT2D eigenvalue weighted by molar-refractivity contribution is 0.0904. The third-order valence-corrected chi connectivity index (χ3v) is 5.04. The van der Waals surface area contributed by atoms with E-state index >= 15 is 0 Å². The lowest BCUT2D eigenvalue weighted by atomic mass is 10.0. The zero-order valence-electron chi connectivity index (χ0n) is 11.4. The van der Waals surface area contributed by atoms with Crippen LogP contribution in [0.4, 0.5) is 0 Å². The van der Waals surface area contributed by atoms with Gasteiger partial charge in [-0.15, -0.1) is 0 Å². The molecule has 0 aromatic heterocycles. The second-order valence-corrected chi connectivity index (χ2v) is 6.32. The SMILES string of the molecule is BrC(c1ccc2c(c1)COC2)C1COc2ccccc2O1. The molecular weight excluding hydrogens is 332 g/mol. The Kier molecular flexibility index (Phi) is 3.36. The van der Waals surface area contributed by atoms with Gasteiger partial charge in [0.2, 0.25) is 0 Å². The average Bonchev–Trinajstić information content (AvgIpc) is 3.01. The normalized spacial score (nSPS) is 20.9. The van der Waals surface area contributed by atoms with Gasteiger partial charge in [-0.25, -0.2) is 0 Å². The second kappa shape index (κ2) is 5.35. The summed E-state index contributed by atoms with van der Waals surface area (Å²) >= 11 is 3.76. The first kappa shape index (κ1) is 13.2. The summed E-state index contributed by atoms with van der Waals surface area (Å²) < 4.78 is 17.3. The number of benzene rings is 2. The lowest BCUT2D eigenvalue weighted by Crippen LogP contribution is -2.32. The van der Waals surface area contributed by atoms with Crippen LogP contribution in [-0.2, 0) is 18.0 Å². The van der Waals surface area contributed by atoms with E-state index in [2.05, 4.69) is 34.1 Å². The second-order valence-electron chi connectivity index (χ2n) is 5.34. The third-order valence-electron chi connectivity index (χ3n) is 3.92. The van der Waals surface area contributed by atoms with E-state index in [1.165, 1.54) is 16.7 Å². The minimum absolute atomic E-state index is 0.0414. The zero-order chi connectivity index (χ0) is 14.2. The van der Waals surface area contributed by atoms with Gasteiger partial charge < -0.3 is 14.2 Å². The van der Waals surface area contributed by atoms with Crippen molar-refractivity contribution in [3.05, 3.63) is 59.2 Å². The molecule has 2 heterocycles. The Morgan fingerprint density at radius 3 is 2.71 bits per heavy atom. The number of hydrogen-bond donors (Lipinski definition) is 0. The summed E-state index contributed by atoms with van der Waals surface area (Å²) in [5, 5.41) is 0. The first-order valence-electron chi connectivity index (χ1n) is 7.03. The molecule has 0 radical (unpaired) electrons. The summed E-state index contributed by atoms with van der Waals surface area (Å²) in [6, 6.07) is 14.3. The molecule has 2 unspecified atom stereocenters. The van der Waals surface area contributed by atoms with E-state index in [4.69, 9.17) is 14.2 Å². The highest BCUT2D eigenvalue weighted by molar-refractivity contribution is 9.09. The van der Waals surface area contributed by atoms with Crippen LogP contribution in [0.1, 0.15) is 21.5 Å². The molecule has 21 heavy (non-hydrogen) atoms. The minimum Gasteiger partial charge on any atom is -0.486 e. The maximum atomic E-state index is 6.06. The van der Waals surface area contributed by atoms with Gasteiger partial charge in [-0.3, -0.25) is 0 Å². The first-order valence-corrected chi connectivity index (χ1v) is 7.95. The fourth-order valence-electron chi connectivity index (χ4n) is 2.76. The van der Waals surface area contributed by atoms with Crippen LogP contribution in [0.2, 0.25) is 0 Å². The Hall–Kier alpha value is -1.52. The van der Waals surface area contributed by atoms with Crippen molar-refractivity contribution in [3.63, 3.8) is 0 Å². The van der Waals surface area contributed by atoms with Crippen molar-refractivity contribution in [3.8, 4) is 11.5 Å². The molecule has 2 aliphatic rings. The molecule has 0 bridgehead atoms. The van der Waals surface area contributed by atoms with Crippen molar-refractivity contribution in [2.45, 2.75) is 24.1 Å². The molecule has 2 aliphatic heterocycles. The fourth-order valence-corrected chi connectivity index (χ4v) is 3.30. The van der Waals surface area contributed by atoms with Crippen molar-refractivity contribution >= 4 is 15.9 Å². The molecule has 0 fully saturated rings. The van der Waals surface area contributed by atoms with Crippen LogP contribution in [-0.4, -0.2) is 12.7 Å². The Bertz CT molecular complexity index is 671. The molecule has 108 valence electrons. The molecule has 3 nitrogen and oxygen atoms in total. The van der Waals surface area contributed by atoms with Crippen molar-refractivity contribution in [1.82, 2.24) is 0 Å². The molecule has 0 N–H and O–H groups in total. The van der Waals surface area contributed by atoms with Crippen LogP contribution < -0.4 is 9.47 Å². The third kappa shape index (κ3) is 2.43. The Balaban J connectivity index is 1.57. The highest BCUT2D eigenvalue weighted by Crippen LogP contribution is 2.38. The van der Waals surface area contributed by atoms with Gasteiger partial charge in [0.25, 0.3) is 0 Å². The number of hydrogen-bond acceptors (Lipinski definition) is 3. The molecule has 0 spiro atoms. The van der Waals surface area contributed by atoms with Gasteiger partial charge in [0, 0.05) is 0 Å². The largest absolute Gasteiger partial charge is 0.486 e. The van der Waals surface area contributed by atoms with Crippen LogP contribution in [0.15, 0.2) is 42.5 Å². The number of fused-ring (bicyclic) bond motifs is 2. The van der Waals surface area contributed by atoms with Gasteiger partial charge in [0.1, 0.15) is 12.7 Å². The molecule has 0 saturated carbocycles. The Morgan fingerprint density at radius 1 is 1.00 bits per heavy atom. The van der Waals surface area contributed by atoms with Gasteiger partial charge in [-0.1, -0.05) is 46.3 Å². The number of alkyl halides is 1. The van der Waals surface area contributed by atoms with Crippen LogP contribution in [0, 0.1) is 0 Å². The van der Waals surface area contributed by atoms with Crippen LogP contribution in [0.5, 0.6) is 11.5 Å². The first-order chi connectivity index (χ1) is 10.3. The van der Waals surface area contributed by atoms with Crippen LogP contribution >= 0.6 is 15.9 Å². The fraction of sp³-hybridized carbons (Fsp3) is 0.294. The van der Waals surface area contributed by atoms with Gasteiger partial charge in [-0.2, -0.15) is 0 Å². The summed E-state index contributed by atoms with van der Waals surface area (Å²) in [5.74, 6) is 1.62. The molecular formula is C17H15BrO3. The van der Waals surface area contributed by atoms with E-state index in [1.807, 2.05) is 24.3 Å². The van der Waals surface area contributed by atoms with E-state index in [1.54, 1.807) is 0 Å². The quantitative estimate of drug-likeness (QED) is 0.769. The predicted octanol–water partition coefficient (Wildman–Crippen LogP) is 3.99. The van der Waals surface area contributed by atoms with Crippen molar-refractivity contribution in [2.24, 2.45) is 0 Å². The highest BCUT2D eigenvalue weighted by atomic mass is 79.9. The smallest absolute Gasteiger partial charge is 0.161 e. The number of rotatable bonds is 2. The summed E-state index contributed by atoms with van der Waals surface area (Å²) in [6.45, 7) is 1.97. The molecule has 0 saturated heterocycles. The number of halogens is 1. The Morgan fingerprint density at radius 2 is 1.81 bits per heavy atom. The van der Waals surface area contributed by atoms with Crippen molar-refractivity contribution in [2.75, 3.05) is 6.61 Å². The van der Waals surface area contributed by atoms with E-state index in [9.17, 15) is 0 Å². The average molecular weight is 347 g/mol. The Labute approximate surface area is 132 Å². The van der Waals surface area contributed by atoms with Crippen molar-refractivity contribution < 1.29 is 14.2 Å². The van der Waals surface area contributed by atoms with Gasteiger partial charge >= 0.3 is 0 Å². The number of ether oxygens (including phenoxy) is 3. The molecule has 4 rings (SSSR count). The van der Waals surface area contributed by atoms with E-state index in [0.717, 1.165) is 18.1 Å². The predicted molar refractivity (Wildman–Crippen MR) is 83.0 cm³/mol. The van der Waals surface area contributed by atoms with Crippen LogP contribution in [0.3, 0.4) is 0 Å². The van der Waals surface area contributed by atoms with E-state index < -0.39 is 0 Å². The monoisotopic (exact) mass is 346 g/mol. The zero-order valence-corrected chi connectivity index (χ0v) is 13.0. The van der Waals surface area contributed by atoms with E-state index in [-0.39, 0.29) is 10.9 Å². The number of para-hydroxylation sites is 2. The molecule has 2 aromatic carbocycles. The lowest BCUT2D eigenvalue weighted by Gasteiger charge is -2.30. The molecule has 4 heteroatoms. The summed E-state index contributed by atoms with van der Waals surface area (Å²) in [5.41, 5.74) is 3.76. The maximum Gasteiger partial charge on any atom is 0.161 e. The summed E-state index contributed by atoms with van der Waals surface area (Å²) in [4.78, 5) is 0.0942. The van der Waals surface area contributed by atoms with Gasteiger partial charge in [0.05, 0.1) is 18.0 Å². The molecule has 0 amide bonds. The van der Waals surface area contributed by atoms with Gasteiger partial charge in [0.15, 0.2) is 11.5 Å². The topological polar surface area (TPSA) is 27.7 Å². The highest BCUT2D eigenvalue weighted by Gasteiger charge is 2.29. The maximum absolute atomic E-state index is 6.06. The van der Waals surface area contributed by atoms with Crippen molar-refractivity contribution in [1.29, 1.82) is 0 Å².